The first-order valence-corrected chi connectivity index (χ1v) is 8.60. The molecule has 128 valence electrons. The Balaban J connectivity index is 1.78. The van der Waals surface area contributed by atoms with Crippen LogP contribution >= 0.6 is 0 Å². The molecule has 0 spiro atoms. The van der Waals surface area contributed by atoms with Crippen LogP contribution in [0.4, 0.5) is 4.79 Å². The largest absolute Gasteiger partial charge is 0.415 e. The molecule has 1 heterocycles. The van der Waals surface area contributed by atoms with Crippen LogP contribution in [-0.4, -0.2) is 36.7 Å². The van der Waals surface area contributed by atoms with Gasteiger partial charge in [0.2, 0.25) is 0 Å². The van der Waals surface area contributed by atoms with Crippen molar-refractivity contribution in [2.24, 2.45) is 5.41 Å². The van der Waals surface area contributed by atoms with Crippen molar-refractivity contribution in [2.75, 3.05) is 19.6 Å². The highest BCUT2D eigenvalue weighted by Gasteiger charge is 2.31. The third-order valence-electron chi connectivity index (χ3n) is 4.28. The number of benzene rings is 2. The SMILES string of the molecule is CC(C)(C)CN(C(=O)Oc1ccc2ccccc2c1)C1CCNC1. The summed E-state index contributed by atoms with van der Waals surface area (Å²) in [7, 11) is 0. The molecule has 0 saturated carbocycles. The highest BCUT2D eigenvalue weighted by molar-refractivity contribution is 5.84. The molecule has 1 amide bonds. The van der Waals surface area contributed by atoms with E-state index in [-0.39, 0.29) is 17.6 Å². The van der Waals surface area contributed by atoms with Crippen molar-refractivity contribution in [2.45, 2.75) is 33.2 Å². The molecule has 2 aromatic carbocycles. The number of amides is 1. The first-order chi connectivity index (χ1) is 11.4. The Hall–Kier alpha value is -2.07. The van der Waals surface area contributed by atoms with Crippen LogP contribution < -0.4 is 10.1 Å². The van der Waals surface area contributed by atoms with E-state index in [1.54, 1.807) is 0 Å². The van der Waals surface area contributed by atoms with Gasteiger partial charge >= 0.3 is 6.09 Å². The molecule has 1 fully saturated rings. The second-order valence-corrected chi connectivity index (χ2v) is 7.71. The first-order valence-electron chi connectivity index (χ1n) is 8.60. The first kappa shape index (κ1) is 16.8. The Kier molecular flexibility index (Phi) is 4.76. The van der Waals surface area contributed by atoms with E-state index in [4.69, 9.17) is 4.74 Å². The van der Waals surface area contributed by atoms with Crippen molar-refractivity contribution in [3.05, 3.63) is 42.5 Å². The van der Waals surface area contributed by atoms with Crippen molar-refractivity contribution in [3.63, 3.8) is 0 Å². The molecular weight excluding hydrogens is 300 g/mol. The minimum absolute atomic E-state index is 0.0327. The molecular formula is C20H26N2O2. The number of rotatable bonds is 3. The van der Waals surface area contributed by atoms with E-state index in [1.165, 1.54) is 0 Å². The fourth-order valence-electron chi connectivity index (χ4n) is 3.15. The lowest BCUT2D eigenvalue weighted by Crippen LogP contribution is -2.47. The number of ether oxygens (including phenoxy) is 1. The predicted molar refractivity (Wildman–Crippen MR) is 97.4 cm³/mol. The number of nitrogens with zero attached hydrogens (tertiary/aromatic N) is 1. The van der Waals surface area contributed by atoms with Crippen LogP contribution in [-0.2, 0) is 0 Å². The topological polar surface area (TPSA) is 41.6 Å². The van der Waals surface area contributed by atoms with E-state index in [0.717, 1.165) is 30.3 Å². The molecule has 0 aliphatic carbocycles. The number of carbonyl (C=O) groups is 1. The van der Waals surface area contributed by atoms with E-state index in [0.29, 0.717) is 12.3 Å². The predicted octanol–water partition coefficient (Wildman–Crippen LogP) is 4.05. The lowest BCUT2D eigenvalue weighted by atomic mass is 9.95. The number of nitrogens with one attached hydrogen (secondary N) is 1. The average Bonchev–Trinajstić information content (AvgIpc) is 3.06. The van der Waals surface area contributed by atoms with Crippen molar-refractivity contribution in [1.82, 2.24) is 10.2 Å². The lowest BCUT2D eigenvalue weighted by molar-refractivity contribution is 0.112. The van der Waals surface area contributed by atoms with Crippen LogP contribution in [0.25, 0.3) is 10.8 Å². The standard InChI is InChI=1S/C20H26N2O2/c1-20(2,3)14-22(17-10-11-21-13-17)19(23)24-18-9-8-15-6-4-5-7-16(15)12-18/h4-9,12,17,21H,10-11,13-14H2,1-3H3. The van der Waals surface area contributed by atoms with E-state index in [9.17, 15) is 4.79 Å². The zero-order valence-electron chi connectivity index (χ0n) is 14.7. The number of carbonyl (C=O) groups excluding carboxylic acids is 1. The fraction of sp³-hybridized carbons (Fsp3) is 0.450. The summed E-state index contributed by atoms with van der Waals surface area (Å²) in [5, 5.41) is 5.55. The van der Waals surface area contributed by atoms with Crippen molar-refractivity contribution >= 4 is 16.9 Å². The molecule has 1 aliphatic rings. The average molecular weight is 326 g/mol. The van der Waals surface area contributed by atoms with Crippen LogP contribution in [0.5, 0.6) is 5.75 Å². The molecule has 3 rings (SSSR count). The fourth-order valence-corrected chi connectivity index (χ4v) is 3.15. The summed E-state index contributed by atoms with van der Waals surface area (Å²) in [6.45, 7) is 8.91. The Labute approximate surface area is 143 Å². The Morgan fingerprint density at radius 1 is 1.21 bits per heavy atom. The maximum Gasteiger partial charge on any atom is 0.415 e. The third kappa shape index (κ3) is 4.06. The number of hydrogen-bond donors (Lipinski definition) is 1. The van der Waals surface area contributed by atoms with Gasteiger partial charge in [0.1, 0.15) is 5.75 Å². The maximum absolute atomic E-state index is 12.8. The highest BCUT2D eigenvalue weighted by Crippen LogP contribution is 2.24. The van der Waals surface area contributed by atoms with Gasteiger partial charge in [0, 0.05) is 19.1 Å². The minimum atomic E-state index is -0.256. The monoisotopic (exact) mass is 326 g/mol. The van der Waals surface area contributed by atoms with Gasteiger partial charge in [0.25, 0.3) is 0 Å². The number of hydrogen-bond acceptors (Lipinski definition) is 3. The lowest BCUT2D eigenvalue weighted by Gasteiger charge is -2.33. The molecule has 4 heteroatoms. The Bertz CT molecular complexity index is 715. The Morgan fingerprint density at radius 2 is 1.96 bits per heavy atom. The molecule has 1 atom stereocenters. The quantitative estimate of drug-likeness (QED) is 0.925. The summed E-state index contributed by atoms with van der Waals surface area (Å²) in [4.78, 5) is 14.7. The molecule has 4 nitrogen and oxygen atoms in total. The summed E-state index contributed by atoms with van der Waals surface area (Å²) >= 11 is 0. The Morgan fingerprint density at radius 3 is 2.62 bits per heavy atom. The summed E-state index contributed by atoms with van der Waals surface area (Å²) < 4.78 is 5.70. The highest BCUT2D eigenvalue weighted by atomic mass is 16.6. The second kappa shape index (κ2) is 6.81. The summed E-state index contributed by atoms with van der Waals surface area (Å²) in [6.07, 6.45) is 0.719. The zero-order chi connectivity index (χ0) is 17.2. The van der Waals surface area contributed by atoms with E-state index < -0.39 is 0 Å². The molecule has 1 unspecified atom stereocenters. The van der Waals surface area contributed by atoms with Crippen LogP contribution in [0.3, 0.4) is 0 Å². The second-order valence-electron chi connectivity index (χ2n) is 7.71. The van der Waals surface area contributed by atoms with Gasteiger partial charge in [-0.15, -0.1) is 0 Å². The smallest absolute Gasteiger partial charge is 0.410 e. The zero-order valence-corrected chi connectivity index (χ0v) is 14.7. The van der Waals surface area contributed by atoms with Gasteiger partial charge in [-0.3, -0.25) is 0 Å². The van der Waals surface area contributed by atoms with Gasteiger partial charge in [-0.2, -0.15) is 0 Å². The van der Waals surface area contributed by atoms with E-state index in [1.807, 2.05) is 41.3 Å². The van der Waals surface area contributed by atoms with E-state index >= 15 is 0 Å². The molecule has 24 heavy (non-hydrogen) atoms. The van der Waals surface area contributed by atoms with Crippen molar-refractivity contribution < 1.29 is 9.53 Å². The maximum atomic E-state index is 12.8. The van der Waals surface area contributed by atoms with Gasteiger partial charge < -0.3 is 15.0 Å². The third-order valence-corrected chi connectivity index (χ3v) is 4.28. The molecule has 2 aromatic rings. The molecule has 1 aliphatic heterocycles. The molecule has 1 saturated heterocycles. The minimum Gasteiger partial charge on any atom is -0.410 e. The van der Waals surface area contributed by atoms with Crippen LogP contribution in [0.15, 0.2) is 42.5 Å². The van der Waals surface area contributed by atoms with Crippen LogP contribution in [0.1, 0.15) is 27.2 Å². The summed E-state index contributed by atoms with van der Waals surface area (Å²) in [5.41, 5.74) is 0.0327. The molecule has 0 aromatic heterocycles. The van der Waals surface area contributed by atoms with Crippen LogP contribution in [0.2, 0.25) is 0 Å². The molecule has 0 radical (unpaired) electrons. The van der Waals surface area contributed by atoms with Gasteiger partial charge in [-0.1, -0.05) is 51.1 Å². The van der Waals surface area contributed by atoms with Gasteiger partial charge in [0.05, 0.1) is 0 Å². The normalized spacial score (nSPS) is 17.9. The molecule has 1 N–H and O–H groups in total. The van der Waals surface area contributed by atoms with Crippen molar-refractivity contribution in [1.29, 1.82) is 0 Å². The van der Waals surface area contributed by atoms with Crippen molar-refractivity contribution in [3.8, 4) is 5.75 Å². The van der Waals surface area contributed by atoms with Gasteiger partial charge in [-0.25, -0.2) is 4.79 Å². The van der Waals surface area contributed by atoms with Gasteiger partial charge in [0.15, 0.2) is 0 Å². The van der Waals surface area contributed by atoms with Crippen LogP contribution in [0, 0.1) is 5.41 Å². The van der Waals surface area contributed by atoms with Gasteiger partial charge in [-0.05, 0) is 41.3 Å². The number of fused-ring (bicyclic) bond motifs is 1. The summed E-state index contributed by atoms with van der Waals surface area (Å²) in [6, 6.07) is 14.1. The molecule has 0 bridgehead atoms. The summed E-state index contributed by atoms with van der Waals surface area (Å²) in [5.74, 6) is 0.601. The van der Waals surface area contributed by atoms with E-state index in [2.05, 4.69) is 32.2 Å².